The summed E-state index contributed by atoms with van der Waals surface area (Å²) in [5.41, 5.74) is 1.08. The van der Waals surface area contributed by atoms with Gasteiger partial charge in [0.15, 0.2) is 0 Å². The van der Waals surface area contributed by atoms with Crippen LogP contribution in [0.5, 0.6) is 0 Å². The molecule has 1 heterocycles. The van der Waals surface area contributed by atoms with Crippen molar-refractivity contribution in [1.82, 2.24) is 4.90 Å². The molecule has 4 nitrogen and oxygen atoms in total. The minimum absolute atomic E-state index is 0.0439. The SMILES string of the molecule is CCN(Cc1ccoc1)C(C)CC(=O)O. The zero-order chi connectivity index (χ0) is 11.3. The average molecular weight is 211 g/mol. The van der Waals surface area contributed by atoms with E-state index in [0.717, 1.165) is 18.7 Å². The van der Waals surface area contributed by atoms with Crippen molar-refractivity contribution in [2.24, 2.45) is 0 Å². The lowest BCUT2D eigenvalue weighted by Gasteiger charge is -2.25. The summed E-state index contributed by atoms with van der Waals surface area (Å²) in [6, 6.07) is 1.94. The average Bonchev–Trinajstić information content (AvgIpc) is 2.65. The second kappa shape index (κ2) is 5.56. The highest BCUT2D eigenvalue weighted by atomic mass is 16.4. The monoisotopic (exact) mass is 211 g/mol. The standard InChI is InChI=1S/C11H17NO3/c1-3-12(9(2)6-11(13)14)7-10-4-5-15-8-10/h4-5,8-9H,3,6-7H2,1-2H3,(H,13,14). The highest BCUT2D eigenvalue weighted by Gasteiger charge is 2.15. The van der Waals surface area contributed by atoms with Gasteiger partial charge in [-0.05, 0) is 19.5 Å². The molecule has 0 fully saturated rings. The van der Waals surface area contributed by atoms with Gasteiger partial charge in [-0.15, -0.1) is 0 Å². The molecule has 1 N–H and O–H groups in total. The summed E-state index contributed by atoms with van der Waals surface area (Å²) in [4.78, 5) is 12.7. The number of nitrogens with zero attached hydrogens (tertiary/aromatic N) is 1. The summed E-state index contributed by atoms with van der Waals surface area (Å²) in [6.45, 7) is 5.53. The largest absolute Gasteiger partial charge is 0.481 e. The van der Waals surface area contributed by atoms with Crippen LogP contribution in [0.15, 0.2) is 23.0 Å². The van der Waals surface area contributed by atoms with Crippen molar-refractivity contribution in [2.45, 2.75) is 32.9 Å². The van der Waals surface area contributed by atoms with E-state index in [0.29, 0.717) is 0 Å². The normalized spacial score (nSPS) is 13.0. The number of aliphatic carboxylic acids is 1. The van der Waals surface area contributed by atoms with Crippen molar-refractivity contribution in [3.63, 3.8) is 0 Å². The van der Waals surface area contributed by atoms with Gasteiger partial charge in [-0.3, -0.25) is 9.69 Å². The number of carbonyl (C=O) groups is 1. The Morgan fingerprint density at radius 2 is 2.40 bits per heavy atom. The molecule has 15 heavy (non-hydrogen) atoms. The minimum Gasteiger partial charge on any atom is -0.481 e. The van der Waals surface area contributed by atoms with Gasteiger partial charge < -0.3 is 9.52 Å². The summed E-state index contributed by atoms with van der Waals surface area (Å²) in [5.74, 6) is -0.756. The molecule has 0 aromatic carbocycles. The van der Waals surface area contributed by atoms with Crippen molar-refractivity contribution in [3.05, 3.63) is 24.2 Å². The van der Waals surface area contributed by atoms with Gasteiger partial charge >= 0.3 is 5.97 Å². The Morgan fingerprint density at radius 1 is 1.67 bits per heavy atom. The van der Waals surface area contributed by atoms with Gasteiger partial charge in [0.25, 0.3) is 0 Å². The van der Waals surface area contributed by atoms with Crippen LogP contribution in [0.25, 0.3) is 0 Å². The second-order valence-electron chi connectivity index (χ2n) is 3.64. The molecular formula is C11H17NO3. The maximum atomic E-state index is 10.6. The lowest BCUT2D eigenvalue weighted by molar-refractivity contribution is -0.138. The molecule has 0 aliphatic carbocycles. The van der Waals surface area contributed by atoms with E-state index in [2.05, 4.69) is 4.90 Å². The Balaban J connectivity index is 2.51. The molecule has 0 aliphatic heterocycles. The zero-order valence-corrected chi connectivity index (χ0v) is 9.14. The van der Waals surface area contributed by atoms with Gasteiger partial charge in [0.2, 0.25) is 0 Å². The molecule has 4 heteroatoms. The summed E-state index contributed by atoms with van der Waals surface area (Å²) < 4.78 is 4.98. The van der Waals surface area contributed by atoms with Gasteiger partial charge in [0.05, 0.1) is 18.9 Å². The molecule has 1 aromatic rings. The van der Waals surface area contributed by atoms with E-state index < -0.39 is 5.97 Å². The minimum atomic E-state index is -0.756. The smallest absolute Gasteiger partial charge is 0.304 e. The number of hydrogen-bond donors (Lipinski definition) is 1. The third kappa shape index (κ3) is 3.75. The van der Waals surface area contributed by atoms with Crippen LogP contribution in [0.3, 0.4) is 0 Å². The third-order valence-electron chi connectivity index (χ3n) is 2.47. The van der Waals surface area contributed by atoms with Crippen LogP contribution in [0.4, 0.5) is 0 Å². The topological polar surface area (TPSA) is 53.7 Å². The zero-order valence-electron chi connectivity index (χ0n) is 9.14. The third-order valence-corrected chi connectivity index (χ3v) is 2.47. The van der Waals surface area contributed by atoms with E-state index in [9.17, 15) is 4.79 Å². The van der Waals surface area contributed by atoms with Crippen LogP contribution >= 0.6 is 0 Å². The van der Waals surface area contributed by atoms with Gasteiger partial charge in [0.1, 0.15) is 0 Å². The first kappa shape index (κ1) is 11.8. The van der Waals surface area contributed by atoms with Crippen molar-refractivity contribution in [3.8, 4) is 0 Å². The Morgan fingerprint density at radius 3 is 2.87 bits per heavy atom. The number of carboxylic acids is 1. The molecule has 0 saturated heterocycles. The van der Waals surface area contributed by atoms with Crippen molar-refractivity contribution in [2.75, 3.05) is 6.54 Å². The molecular weight excluding hydrogens is 194 g/mol. The van der Waals surface area contributed by atoms with Crippen LogP contribution < -0.4 is 0 Å². The quantitative estimate of drug-likeness (QED) is 0.781. The van der Waals surface area contributed by atoms with Crippen LogP contribution in [-0.2, 0) is 11.3 Å². The molecule has 84 valence electrons. The van der Waals surface area contributed by atoms with Crippen LogP contribution in [-0.4, -0.2) is 28.6 Å². The van der Waals surface area contributed by atoms with E-state index in [4.69, 9.17) is 9.52 Å². The van der Waals surface area contributed by atoms with Gasteiger partial charge in [-0.2, -0.15) is 0 Å². The second-order valence-corrected chi connectivity index (χ2v) is 3.64. The van der Waals surface area contributed by atoms with Crippen LogP contribution in [0.1, 0.15) is 25.8 Å². The van der Waals surface area contributed by atoms with E-state index in [1.807, 2.05) is 19.9 Å². The van der Waals surface area contributed by atoms with Crippen molar-refractivity contribution < 1.29 is 14.3 Å². The van der Waals surface area contributed by atoms with E-state index in [1.54, 1.807) is 12.5 Å². The Kier molecular flexibility index (Phi) is 4.37. The highest BCUT2D eigenvalue weighted by Crippen LogP contribution is 2.10. The Labute approximate surface area is 89.5 Å². The predicted molar refractivity (Wildman–Crippen MR) is 56.5 cm³/mol. The molecule has 1 unspecified atom stereocenters. The fraction of sp³-hybridized carbons (Fsp3) is 0.545. The number of carboxylic acid groups (broad SMARTS) is 1. The molecule has 0 spiro atoms. The number of furan rings is 1. The van der Waals surface area contributed by atoms with Crippen molar-refractivity contribution in [1.29, 1.82) is 0 Å². The number of hydrogen-bond acceptors (Lipinski definition) is 3. The first-order chi connectivity index (χ1) is 7.13. The number of rotatable bonds is 6. The molecule has 0 saturated carbocycles. The maximum absolute atomic E-state index is 10.6. The summed E-state index contributed by atoms with van der Waals surface area (Å²) >= 11 is 0. The lowest BCUT2D eigenvalue weighted by atomic mass is 10.2. The maximum Gasteiger partial charge on any atom is 0.304 e. The molecule has 0 bridgehead atoms. The summed E-state index contributed by atoms with van der Waals surface area (Å²) in [5, 5.41) is 8.71. The van der Waals surface area contributed by atoms with E-state index >= 15 is 0 Å². The van der Waals surface area contributed by atoms with Crippen molar-refractivity contribution >= 4 is 5.97 Å². The molecule has 1 rings (SSSR count). The highest BCUT2D eigenvalue weighted by molar-refractivity contribution is 5.67. The fourth-order valence-corrected chi connectivity index (χ4v) is 1.58. The molecule has 0 aliphatic rings. The first-order valence-corrected chi connectivity index (χ1v) is 5.10. The van der Waals surface area contributed by atoms with Crippen LogP contribution in [0, 0.1) is 0 Å². The molecule has 0 amide bonds. The first-order valence-electron chi connectivity index (χ1n) is 5.10. The Bertz CT molecular complexity index is 295. The molecule has 0 radical (unpaired) electrons. The van der Waals surface area contributed by atoms with Gasteiger partial charge in [0, 0.05) is 18.2 Å². The Hall–Kier alpha value is -1.29. The molecule has 1 aromatic heterocycles. The van der Waals surface area contributed by atoms with Crippen LogP contribution in [0.2, 0.25) is 0 Å². The molecule has 1 atom stereocenters. The van der Waals surface area contributed by atoms with Gasteiger partial charge in [-0.25, -0.2) is 0 Å². The predicted octanol–water partition coefficient (Wildman–Crippen LogP) is 1.96. The van der Waals surface area contributed by atoms with E-state index in [1.165, 1.54) is 0 Å². The summed E-state index contributed by atoms with van der Waals surface area (Å²) in [6.07, 6.45) is 3.49. The van der Waals surface area contributed by atoms with Gasteiger partial charge in [-0.1, -0.05) is 6.92 Å². The fourth-order valence-electron chi connectivity index (χ4n) is 1.58. The summed E-state index contributed by atoms with van der Waals surface area (Å²) in [7, 11) is 0. The lowest BCUT2D eigenvalue weighted by Crippen LogP contribution is -2.33. The van der Waals surface area contributed by atoms with E-state index in [-0.39, 0.29) is 12.5 Å².